The second-order valence-electron chi connectivity index (χ2n) is 4.32. The lowest BCUT2D eigenvalue weighted by atomic mass is 10.1. The van der Waals surface area contributed by atoms with E-state index in [4.69, 9.17) is 4.42 Å². The van der Waals surface area contributed by atoms with Crippen LogP contribution < -0.4 is 11.1 Å². The fourth-order valence-corrected chi connectivity index (χ4v) is 1.85. The van der Waals surface area contributed by atoms with Crippen molar-refractivity contribution in [3.8, 4) is 0 Å². The van der Waals surface area contributed by atoms with Gasteiger partial charge >= 0.3 is 5.76 Å². The zero-order valence-corrected chi connectivity index (χ0v) is 8.95. The van der Waals surface area contributed by atoms with Crippen LogP contribution in [0.15, 0.2) is 27.4 Å². The summed E-state index contributed by atoms with van der Waals surface area (Å²) in [6.45, 7) is 0.991. The average molecular weight is 218 g/mol. The molecule has 0 amide bonds. The Morgan fingerprint density at radius 1 is 1.44 bits per heavy atom. The van der Waals surface area contributed by atoms with Crippen LogP contribution in [-0.4, -0.2) is 17.6 Å². The van der Waals surface area contributed by atoms with Crippen molar-refractivity contribution in [3.63, 3.8) is 0 Å². The molecule has 0 bridgehead atoms. The second-order valence-corrected chi connectivity index (χ2v) is 4.32. The molecule has 84 valence electrons. The third kappa shape index (κ3) is 2.02. The standard InChI is InChI=1S/C12H14N2O2/c15-12-14-10-4-1-8(7-11(10)16-12)5-6-13-9-2-3-9/h1,4,7,9,13H,2-3,5-6H2,(H,14,15). The zero-order valence-electron chi connectivity index (χ0n) is 8.95. The number of H-pyrrole nitrogens is 1. The Balaban J connectivity index is 1.73. The lowest BCUT2D eigenvalue weighted by Gasteiger charge is -2.02. The first kappa shape index (κ1) is 9.66. The fourth-order valence-electron chi connectivity index (χ4n) is 1.85. The smallest absolute Gasteiger partial charge is 0.408 e. The average Bonchev–Trinajstić information content (AvgIpc) is 2.99. The van der Waals surface area contributed by atoms with Crippen LogP contribution in [0.4, 0.5) is 0 Å². The largest absolute Gasteiger partial charge is 0.417 e. The van der Waals surface area contributed by atoms with Gasteiger partial charge in [-0.2, -0.15) is 0 Å². The van der Waals surface area contributed by atoms with Crippen molar-refractivity contribution in [3.05, 3.63) is 34.3 Å². The summed E-state index contributed by atoms with van der Waals surface area (Å²) >= 11 is 0. The number of oxazole rings is 1. The van der Waals surface area contributed by atoms with Gasteiger partial charge in [-0.05, 0) is 43.5 Å². The second kappa shape index (κ2) is 3.79. The summed E-state index contributed by atoms with van der Waals surface area (Å²) in [5.74, 6) is -0.386. The third-order valence-electron chi connectivity index (χ3n) is 2.91. The number of hydrogen-bond donors (Lipinski definition) is 2. The molecule has 1 heterocycles. The first-order valence-corrected chi connectivity index (χ1v) is 5.66. The molecule has 2 N–H and O–H groups in total. The summed E-state index contributed by atoms with van der Waals surface area (Å²) in [5, 5.41) is 3.46. The molecule has 4 nitrogen and oxygen atoms in total. The van der Waals surface area contributed by atoms with Gasteiger partial charge in [-0.15, -0.1) is 0 Å². The molecule has 0 radical (unpaired) electrons. The van der Waals surface area contributed by atoms with Crippen LogP contribution in [0.1, 0.15) is 18.4 Å². The number of fused-ring (bicyclic) bond motifs is 1. The topological polar surface area (TPSA) is 58.0 Å². The van der Waals surface area contributed by atoms with E-state index in [9.17, 15) is 4.79 Å². The Morgan fingerprint density at radius 3 is 3.12 bits per heavy atom. The van der Waals surface area contributed by atoms with Gasteiger partial charge in [0.2, 0.25) is 0 Å². The quantitative estimate of drug-likeness (QED) is 0.815. The third-order valence-corrected chi connectivity index (χ3v) is 2.91. The minimum Gasteiger partial charge on any atom is -0.408 e. The first-order chi connectivity index (χ1) is 7.81. The molecule has 1 aliphatic rings. The minimum absolute atomic E-state index is 0.386. The molecule has 4 heteroatoms. The van der Waals surface area contributed by atoms with E-state index in [-0.39, 0.29) is 5.76 Å². The molecular weight excluding hydrogens is 204 g/mol. The van der Waals surface area contributed by atoms with E-state index >= 15 is 0 Å². The highest BCUT2D eigenvalue weighted by Gasteiger charge is 2.19. The van der Waals surface area contributed by atoms with Gasteiger partial charge in [0, 0.05) is 6.04 Å². The highest BCUT2D eigenvalue weighted by molar-refractivity contribution is 5.72. The molecule has 0 atom stereocenters. The Kier molecular flexibility index (Phi) is 2.29. The SMILES string of the molecule is O=c1[nH]c2ccc(CCNC3CC3)cc2o1. The van der Waals surface area contributed by atoms with Gasteiger partial charge in [0.05, 0.1) is 5.52 Å². The minimum atomic E-state index is -0.386. The van der Waals surface area contributed by atoms with Gasteiger partial charge < -0.3 is 9.73 Å². The van der Waals surface area contributed by atoms with Crippen molar-refractivity contribution in [2.45, 2.75) is 25.3 Å². The van der Waals surface area contributed by atoms with E-state index < -0.39 is 0 Å². The Labute approximate surface area is 92.7 Å². The highest BCUT2D eigenvalue weighted by Crippen LogP contribution is 2.18. The monoisotopic (exact) mass is 218 g/mol. The molecule has 1 aliphatic carbocycles. The van der Waals surface area contributed by atoms with Crippen molar-refractivity contribution in [1.29, 1.82) is 0 Å². The predicted molar refractivity (Wildman–Crippen MR) is 61.6 cm³/mol. The number of nitrogens with one attached hydrogen (secondary N) is 2. The van der Waals surface area contributed by atoms with E-state index in [1.807, 2.05) is 18.2 Å². The summed E-state index contributed by atoms with van der Waals surface area (Å²) in [6, 6.07) is 6.60. The van der Waals surface area contributed by atoms with Crippen molar-refractivity contribution in [2.75, 3.05) is 6.54 Å². The van der Waals surface area contributed by atoms with Crippen molar-refractivity contribution in [1.82, 2.24) is 10.3 Å². The Morgan fingerprint density at radius 2 is 2.31 bits per heavy atom. The predicted octanol–water partition coefficient (Wildman–Crippen LogP) is 1.42. The van der Waals surface area contributed by atoms with Crippen LogP contribution in [-0.2, 0) is 6.42 Å². The molecule has 0 unspecified atom stereocenters. The summed E-state index contributed by atoms with van der Waals surface area (Å²) in [7, 11) is 0. The molecule has 0 spiro atoms. The molecule has 3 rings (SSSR count). The van der Waals surface area contributed by atoms with Crippen LogP contribution in [0, 0.1) is 0 Å². The van der Waals surface area contributed by atoms with Crippen LogP contribution in [0.25, 0.3) is 11.1 Å². The maximum atomic E-state index is 11.0. The first-order valence-electron chi connectivity index (χ1n) is 5.66. The van der Waals surface area contributed by atoms with Gasteiger partial charge in [0.25, 0.3) is 0 Å². The number of aromatic amines is 1. The Hall–Kier alpha value is -1.55. The van der Waals surface area contributed by atoms with Gasteiger partial charge in [-0.1, -0.05) is 6.07 Å². The molecule has 0 saturated heterocycles. The van der Waals surface area contributed by atoms with Crippen molar-refractivity contribution < 1.29 is 4.42 Å². The van der Waals surface area contributed by atoms with E-state index in [0.29, 0.717) is 5.58 Å². The fraction of sp³-hybridized carbons (Fsp3) is 0.417. The summed E-state index contributed by atoms with van der Waals surface area (Å²) in [4.78, 5) is 13.6. The maximum Gasteiger partial charge on any atom is 0.417 e. The summed E-state index contributed by atoms with van der Waals surface area (Å²) < 4.78 is 5.02. The van der Waals surface area contributed by atoms with Crippen molar-refractivity contribution >= 4 is 11.1 Å². The molecule has 1 saturated carbocycles. The number of benzene rings is 1. The molecule has 1 aromatic heterocycles. The van der Waals surface area contributed by atoms with Gasteiger partial charge in [0.15, 0.2) is 5.58 Å². The molecule has 16 heavy (non-hydrogen) atoms. The highest BCUT2D eigenvalue weighted by atomic mass is 16.4. The lowest BCUT2D eigenvalue weighted by Crippen LogP contribution is -2.19. The van der Waals surface area contributed by atoms with Crippen LogP contribution in [0.3, 0.4) is 0 Å². The van der Waals surface area contributed by atoms with E-state index in [0.717, 1.165) is 24.5 Å². The van der Waals surface area contributed by atoms with E-state index in [2.05, 4.69) is 10.3 Å². The lowest BCUT2D eigenvalue weighted by molar-refractivity contribution is 0.555. The van der Waals surface area contributed by atoms with Gasteiger partial charge in [0.1, 0.15) is 0 Å². The Bertz CT molecular complexity index is 551. The molecular formula is C12H14N2O2. The number of aromatic nitrogens is 1. The molecule has 2 aromatic rings. The molecule has 1 fully saturated rings. The number of rotatable bonds is 4. The molecule has 0 aliphatic heterocycles. The van der Waals surface area contributed by atoms with Gasteiger partial charge in [-0.3, -0.25) is 4.98 Å². The van der Waals surface area contributed by atoms with Crippen LogP contribution in [0.5, 0.6) is 0 Å². The molecule has 1 aromatic carbocycles. The van der Waals surface area contributed by atoms with E-state index in [1.165, 1.54) is 18.4 Å². The normalized spacial score (nSPS) is 15.8. The van der Waals surface area contributed by atoms with Crippen LogP contribution in [0.2, 0.25) is 0 Å². The van der Waals surface area contributed by atoms with Crippen molar-refractivity contribution in [2.24, 2.45) is 0 Å². The number of hydrogen-bond acceptors (Lipinski definition) is 3. The van der Waals surface area contributed by atoms with E-state index in [1.54, 1.807) is 0 Å². The maximum absolute atomic E-state index is 11.0. The van der Waals surface area contributed by atoms with Gasteiger partial charge in [-0.25, -0.2) is 4.79 Å². The summed E-state index contributed by atoms with van der Waals surface area (Å²) in [5.41, 5.74) is 2.61. The zero-order chi connectivity index (χ0) is 11.0. The van der Waals surface area contributed by atoms with Crippen LogP contribution >= 0.6 is 0 Å². The summed E-state index contributed by atoms with van der Waals surface area (Å²) in [6.07, 6.45) is 3.60.